The van der Waals surface area contributed by atoms with Crippen LogP contribution >= 0.6 is 11.6 Å². The van der Waals surface area contributed by atoms with Crippen molar-refractivity contribution >= 4 is 21.6 Å². The first-order valence-corrected chi connectivity index (χ1v) is 6.86. The molecule has 0 saturated heterocycles. The van der Waals surface area contributed by atoms with Crippen LogP contribution in [-0.4, -0.2) is 29.0 Å². The Labute approximate surface area is 109 Å². The monoisotopic (exact) mass is 287 g/mol. The van der Waals surface area contributed by atoms with Crippen molar-refractivity contribution in [3.05, 3.63) is 35.1 Å². The van der Waals surface area contributed by atoms with Crippen molar-refractivity contribution < 1.29 is 8.42 Å². The van der Waals surface area contributed by atoms with E-state index in [-0.39, 0.29) is 10.7 Å². The summed E-state index contributed by atoms with van der Waals surface area (Å²) in [6.07, 6.45) is 0. The fourth-order valence-electron chi connectivity index (χ4n) is 1.32. The van der Waals surface area contributed by atoms with Crippen molar-refractivity contribution in [3.8, 4) is 0 Å². The molecule has 18 heavy (non-hydrogen) atoms. The summed E-state index contributed by atoms with van der Waals surface area (Å²) in [6.45, 7) is 1.62. The van der Waals surface area contributed by atoms with E-state index in [1.807, 2.05) is 0 Å². The van der Waals surface area contributed by atoms with E-state index in [2.05, 4.69) is 25.3 Å². The highest BCUT2D eigenvalue weighted by Crippen LogP contribution is 2.16. The van der Waals surface area contributed by atoms with Gasteiger partial charge in [0, 0.05) is 5.02 Å². The standard InChI is InChI=1S/C9H10ClN5O2S/c1-6(9-11-14-15-12-9)13-18(16,17)8-4-2-7(10)3-5-8/h2-6,13H,1H3,(H,11,12,14,15). The van der Waals surface area contributed by atoms with Gasteiger partial charge in [-0.05, 0) is 31.2 Å². The summed E-state index contributed by atoms with van der Waals surface area (Å²) in [5.74, 6) is 0.271. The summed E-state index contributed by atoms with van der Waals surface area (Å²) < 4.78 is 26.5. The minimum atomic E-state index is -3.63. The number of H-pyrrole nitrogens is 1. The predicted octanol–water partition coefficient (Wildman–Crippen LogP) is 0.893. The second kappa shape index (κ2) is 5.01. The molecule has 2 N–H and O–H groups in total. The Balaban J connectivity index is 2.20. The molecule has 1 unspecified atom stereocenters. The van der Waals surface area contributed by atoms with Gasteiger partial charge >= 0.3 is 0 Å². The molecule has 96 valence electrons. The van der Waals surface area contributed by atoms with Gasteiger partial charge in [-0.2, -0.15) is 5.21 Å². The summed E-state index contributed by atoms with van der Waals surface area (Å²) in [5.41, 5.74) is 0. The van der Waals surface area contributed by atoms with Crippen LogP contribution in [0.4, 0.5) is 0 Å². The first-order valence-electron chi connectivity index (χ1n) is 5.00. The molecule has 0 spiro atoms. The highest BCUT2D eigenvalue weighted by Gasteiger charge is 2.20. The number of nitrogens with zero attached hydrogens (tertiary/aromatic N) is 3. The van der Waals surface area contributed by atoms with Gasteiger partial charge in [-0.15, -0.1) is 10.2 Å². The summed E-state index contributed by atoms with van der Waals surface area (Å²) >= 11 is 5.70. The van der Waals surface area contributed by atoms with E-state index in [0.29, 0.717) is 5.02 Å². The molecule has 0 aliphatic carbocycles. The molecule has 0 amide bonds. The lowest BCUT2D eigenvalue weighted by Crippen LogP contribution is -2.27. The molecule has 0 saturated carbocycles. The molecule has 9 heteroatoms. The second-order valence-corrected chi connectivity index (χ2v) is 5.72. The van der Waals surface area contributed by atoms with Crippen molar-refractivity contribution in [2.24, 2.45) is 0 Å². The molecule has 1 aromatic heterocycles. The number of hydrogen-bond donors (Lipinski definition) is 2. The lowest BCUT2D eigenvalue weighted by molar-refractivity contribution is 0.560. The first-order chi connectivity index (χ1) is 8.49. The molecule has 1 atom stereocenters. The molecule has 0 aliphatic rings. The van der Waals surface area contributed by atoms with Crippen molar-refractivity contribution in [3.63, 3.8) is 0 Å². The maximum atomic E-state index is 12.0. The number of hydrogen-bond acceptors (Lipinski definition) is 5. The van der Waals surface area contributed by atoms with E-state index in [4.69, 9.17) is 11.6 Å². The smallest absolute Gasteiger partial charge is 0.207 e. The molecule has 0 fully saturated rings. The number of aromatic nitrogens is 4. The number of nitrogens with one attached hydrogen (secondary N) is 2. The van der Waals surface area contributed by atoms with Gasteiger partial charge in [-0.3, -0.25) is 0 Å². The van der Waals surface area contributed by atoms with Gasteiger partial charge in [0.25, 0.3) is 0 Å². The van der Waals surface area contributed by atoms with Crippen LogP contribution in [0, 0.1) is 0 Å². The normalized spacial score (nSPS) is 13.4. The van der Waals surface area contributed by atoms with E-state index < -0.39 is 16.1 Å². The summed E-state index contributed by atoms with van der Waals surface area (Å²) in [6, 6.07) is 5.29. The van der Waals surface area contributed by atoms with Gasteiger partial charge in [0.1, 0.15) is 0 Å². The molecule has 1 aromatic carbocycles. The minimum absolute atomic E-state index is 0.127. The van der Waals surface area contributed by atoms with Gasteiger partial charge in [0.15, 0.2) is 5.82 Å². The molecule has 1 heterocycles. The van der Waals surface area contributed by atoms with Gasteiger partial charge in [0.2, 0.25) is 10.0 Å². The number of rotatable bonds is 4. The Morgan fingerprint density at radius 1 is 1.33 bits per heavy atom. The number of halogens is 1. The Bertz CT molecular complexity index is 611. The Kier molecular flexibility index (Phi) is 3.60. The first kappa shape index (κ1) is 12.9. The topological polar surface area (TPSA) is 101 Å². The van der Waals surface area contributed by atoms with Crippen LogP contribution in [-0.2, 0) is 10.0 Å². The summed E-state index contributed by atoms with van der Waals surface area (Å²) in [4.78, 5) is 0.127. The Hall–Kier alpha value is -1.51. The van der Waals surface area contributed by atoms with Crippen molar-refractivity contribution in [1.29, 1.82) is 0 Å². The van der Waals surface area contributed by atoms with Gasteiger partial charge in [0.05, 0.1) is 10.9 Å². The SMILES string of the molecule is CC(NS(=O)(=O)c1ccc(Cl)cc1)c1nn[nH]n1. The van der Waals surface area contributed by atoms with Crippen molar-refractivity contribution in [1.82, 2.24) is 25.3 Å². The number of tetrazole rings is 1. The van der Waals surface area contributed by atoms with Gasteiger partial charge < -0.3 is 0 Å². The van der Waals surface area contributed by atoms with Crippen LogP contribution in [0.2, 0.25) is 5.02 Å². The van der Waals surface area contributed by atoms with E-state index in [0.717, 1.165) is 0 Å². The van der Waals surface area contributed by atoms with E-state index in [9.17, 15) is 8.42 Å². The lowest BCUT2D eigenvalue weighted by atomic mass is 10.4. The minimum Gasteiger partial charge on any atom is -0.207 e. The van der Waals surface area contributed by atoms with Crippen molar-refractivity contribution in [2.75, 3.05) is 0 Å². The molecule has 0 radical (unpaired) electrons. The molecule has 7 nitrogen and oxygen atoms in total. The fourth-order valence-corrected chi connectivity index (χ4v) is 2.65. The Morgan fingerprint density at radius 2 is 2.00 bits per heavy atom. The zero-order chi connectivity index (χ0) is 13.2. The zero-order valence-corrected chi connectivity index (χ0v) is 10.9. The largest absolute Gasteiger partial charge is 0.241 e. The average Bonchev–Trinajstić information content (AvgIpc) is 2.82. The van der Waals surface area contributed by atoms with E-state index in [1.54, 1.807) is 6.92 Å². The van der Waals surface area contributed by atoms with Crippen LogP contribution < -0.4 is 4.72 Å². The third-order valence-electron chi connectivity index (χ3n) is 2.20. The quantitative estimate of drug-likeness (QED) is 0.870. The lowest BCUT2D eigenvalue weighted by Gasteiger charge is -2.10. The highest BCUT2D eigenvalue weighted by atomic mass is 35.5. The Morgan fingerprint density at radius 3 is 2.56 bits per heavy atom. The number of sulfonamides is 1. The predicted molar refractivity (Wildman–Crippen MR) is 64.4 cm³/mol. The molecular weight excluding hydrogens is 278 g/mol. The van der Waals surface area contributed by atoms with Crippen LogP contribution in [0.25, 0.3) is 0 Å². The molecule has 2 rings (SSSR count). The number of benzene rings is 1. The maximum absolute atomic E-state index is 12.0. The second-order valence-electron chi connectivity index (χ2n) is 3.57. The summed E-state index contributed by atoms with van der Waals surface area (Å²) in [7, 11) is -3.63. The fraction of sp³-hybridized carbons (Fsp3) is 0.222. The van der Waals surface area contributed by atoms with Gasteiger partial charge in [-0.25, -0.2) is 13.1 Å². The van der Waals surface area contributed by atoms with E-state index >= 15 is 0 Å². The molecule has 0 bridgehead atoms. The van der Waals surface area contributed by atoms with E-state index in [1.165, 1.54) is 24.3 Å². The average molecular weight is 288 g/mol. The third kappa shape index (κ3) is 2.84. The molecule has 2 aromatic rings. The third-order valence-corrected chi connectivity index (χ3v) is 4.01. The van der Waals surface area contributed by atoms with Crippen LogP contribution in [0.5, 0.6) is 0 Å². The van der Waals surface area contributed by atoms with Crippen molar-refractivity contribution in [2.45, 2.75) is 17.9 Å². The van der Waals surface area contributed by atoms with Crippen LogP contribution in [0.15, 0.2) is 29.2 Å². The van der Waals surface area contributed by atoms with Crippen LogP contribution in [0.3, 0.4) is 0 Å². The number of aromatic amines is 1. The molecule has 0 aliphatic heterocycles. The molecular formula is C9H10ClN5O2S. The summed E-state index contributed by atoms with van der Waals surface area (Å²) in [5, 5.41) is 13.5. The maximum Gasteiger partial charge on any atom is 0.241 e. The highest BCUT2D eigenvalue weighted by molar-refractivity contribution is 7.89. The van der Waals surface area contributed by atoms with Crippen LogP contribution in [0.1, 0.15) is 18.8 Å². The zero-order valence-electron chi connectivity index (χ0n) is 9.33. The van der Waals surface area contributed by atoms with Gasteiger partial charge in [-0.1, -0.05) is 16.8 Å².